The van der Waals surface area contributed by atoms with Crippen molar-refractivity contribution >= 4 is 17.5 Å². The summed E-state index contributed by atoms with van der Waals surface area (Å²) in [7, 11) is 0. The Balaban J connectivity index is 1.62. The smallest absolute Gasteiger partial charge is 0.262 e. The molecular weight excluding hydrogens is 270 g/mol. The van der Waals surface area contributed by atoms with Crippen molar-refractivity contribution in [1.29, 1.82) is 0 Å². The molecule has 0 saturated carbocycles. The predicted molar refractivity (Wildman–Crippen MR) is 78.1 cm³/mol. The zero-order valence-electron chi connectivity index (χ0n) is 11.9. The van der Waals surface area contributed by atoms with Crippen LogP contribution in [-0.2, 0) is 9.59 Å². The van der Waals surface area contributed by atoms with Crippen molar-refractivity contribution in [1.82, 2.24) is 10.6 Å². The summed E-state index contributed by atoms with van der Waals surface area (Å²) in [5.74, 6) is 0.700. The highest BCUT2D eigenvalue weighted by atomic mass is 16.5. The Labute approximate surface area is 123 Å². The predicted octanol–water partition coefficient (Wildman–Crippen LogP) is 0.947. The maximum absolute atomic E-state index is 11.3. The van der Waals surface area contributed by atoms with Crippen LogP contribution in [0.15, 0.2) is 18.2 Å². The van der Waals surface area contributed by atoms with Crippen molar-refractivity contribution in [3.8, 4) is 5.75 Å². The summed E-state index contributed by atoms with van der Waals surface area (Å²) in [6.07, 6.45) is 1.50. The summed E-state index contributed by atoms with van der Waals surface area (Å²) < 4.78 is 5.34. The normalized spacial score (nSPS) is 22.0. The van der Waals surface area contributed by atoms with Gasteiger partial charge in [0.15, 0.2) is 6.61 Å². The third kappa shape index (κ3) is 3.16. The van der Waals surface area contributed by atoms with Crippen LogP contribution in [0.25, 0.3) is 0 Å². The van der Waals surface area contributed by atoms with Gasteiger partial charge in [-0.1, -0.05) is 6.07 Å². The summed E-state index contributed by atoms with van der Waals surface area (Å²) in [5, 5.41) is 9.16. The van der Waals surface area contributed by atoms with E-state index in [0.29, 0.717) is 17.9 Å². The first-order valence-electron chi connectivity index (χ1n) is 7.21. The van der Waals surface area contributed by atoms with Crippen LogP contribution in [0.5, 0.6) is 5.75 Å². The molecule has 3 rings (SSSR count). The molecule has 0 spiro atoms. The number of fused-ring (bicyclic) bond motifs is 1. The Bertz CT molecular complexity index is 573. The molecule has 0 radical (unpaired) electrons. The lowest BCUT2D eigenvalue weighted by molar-refractivity contribution is -0.119. The van der Waals surface area contributed by atoms with Gasteiger partial charge in [-0.25, -0.2) is 0 Å². The minimum atomic E-state index is -0.131. The van der Waals surface area contributed by atoms with Gasteiger partial charge in [0.05, 0.1) is 5.69 Å². The molecule has 21 heavy (non-hydrogen) atoms. The first-order valence-corrected chi connectivity index (χ1v) is 7.21. The molecule has 2 heterocycles. The van der Waals surface area contributed by atoms with Gasteiger partial charge in [-0.2, -0.15) is 0 Å². The van der Waals surface area contributed by atoms with Crippen LogP contribution in [0, 0.1) is 0 Å². The third-order valence-corrected chi connectivity index (χ3v) is 3.89. The monoisotopic (exact) mass is 289 g/mol. The van der Waals surface area contributed by atoms with E-state index in [1.807, 2.05) is 18.2 Å². The Hall–Kier alpha value is -2.08. The maximum atomic E-state index is 11.3. The third-order valence-electron chi connectivity index (χ3n) is 3.89. The van der Waals surface area contributed by atoms with E-state index < -0.39 is 0 Å². The summed E-state index contributed by atoms with van der Waals surface area (Å²) in [6, 6.07) is 6.13. The SMILES string of the molecule is CC(NCC1CCC(=O)N1)c1ccc2c(c1)NC(=O)CO2. The zero-order chi connectivity index (χ0) is 14.8. The van der Waals surface area contributed by atoms with E-state index in [0.717, 1.165) is 18.5 Å². The van der Waals surface area contributed by atoms with Gasteiger partial charge in [0.1, 0.15) is 5.75 Å². The van der Waals surface area contributed by atoms with Gasteiger partial charge in [0.25, 0.3) is 5.91 Å². The van der Waals surface area contributed by atoms with Crippen molar-refractivity contribution in [3.05, 3.63) is 23.8 Å². The van der Waals surface area contributed by atoms with Crippen LogP contribution >= 0.6 is 0 Å². The van der Waals surface area contributed by atoms with Crippen LogP contribution in [-0.4, -0.2) is 31.0 Å². The van der Waals surface area contributed by atoms with E-state index in [2.05, 4.69) is 22.9 Å². The minimum Gasteiger partial charge on any atom is -0.482 e. The maximum Gasteiger partial charge on any atom is 0.262 e. The van der Waals surface area contributed by atoms with Crippen molar-refractivity contribution in [2.24, 2.45) is 0 Å². The molecule has 2 atom stereocenters. The largest absolute Gasteiger partial charge is 0.482 e. The molecule has 0 aromatic heterocycles. The van der Waals surface area contributed by atoms with Crippen LogP contribution < -0.4 is 20.7 Å². The highest BCUT2D eigenvalue weighted by Gasteiger charge is 2.21. The molecular formula is C15H19N3O3. The van der Waals surface area contributed by atoms with Crippen LogP contribution in [0.3, 0.4) is 0 Å². The van der Waals surface area contributed by atoms with Crippen molar-refractivity contribution < 1.29 is 14.3 Å². The van der Waals surface area contributed by atoms with E-state index in [-0.39, 0.29) is 30.5 Å². The number of carbonyl (C=O) groups excluding carboxylic acids is 2. The van der Waals surface area contributed by atoms with Gasteiger partial charge in [0, 0.05) is 25.0 Å². The first kappa shape index (κ1) is 13.9. The number of ether oxygens (including phenoxy) is 1. The highest BCUT2D eigenvalue weighted by molar-refractivity contribution is 5.95. The van der Waals surface area contributed by atoms with Crippen LogP contribution in [0.1, 0.15) is 31.4 Å². The fraction of sp³-hybridized carbons (Fsp3) is 0.467. The van der Waals surface area contributed by atoms with Crippen molar-refractivity contribution in [2.75, 3.05) is 18.5 Å². The fourth-order valence-corrected chi connectivity index (χ4v) is 2.64. The number of rotatable bonds is 4. The molecule has 0 aliphatic carbocycles. The van der Waals surface area contributed by atoms with E-state index in [9.17, 15) is 9.59 Å². The molecule has 112 valence electrons. The molecule has 3 N–H and O–H groups in total. The molecule has 0 bridgehead atoms. The summed E-state index contributed by atoms with van der Waals surface area (Å²) in [4.78, 5) is 22.5. The van der Waals surface area contributed by atoms with Crippen molar-refractivity contribution in [2.45, 2.75) is 31.8 Å². The second-order valence-corrected chi connectivity index (χ2v) is 5.53. The number of anilines is 1. The number of amides is 2. The van der Waals surface area contributed by atoms with Gasteiger partial charge < -0.3 is 20.7 Å². The second kappa shape index (κ2) is 5.73. The number of hydrogen-bond donors (Lipinski definition) is 3. The fourth-order valence-electron chi connectivity index (χ4n) is 2.64. The molecule has 2 aliphatic heterocycles. The van der Waals surface area contributed by atoms with Crippen LogP contribution in [0.2, 0.25) is 0 Å². The van der Waals surface area contributed by atoms with Crippen LogP contribution in [0.4, 0.5) is 5.69 Å². The standard InChI is InChI=1S/C15H19N3O3/c1-9(16-7-11-3-5-14(19)17-11)10-2-4-13-12(6-10)18-15(20)8-21-13/h2,4,6,9,11,16H,3,5,7-8H2,1H3,(H,17,19)(H,18,20). The van der Waals surface area contributed by atoms with Crippen molar-refractivity contribution in [3.63, 3.8) is 0 Å². The molecule has 6 nitrogen and oxygen atoms in total. The number of hydrogen-bond acceptors (Lipinski definition) is 4. The average molecular weight is 289 g/mol. The Morgan fingerprint density at radius 3 is 3.00 bits per heavy atom. The molecule has 2 unspecified atom stereocenters. The molecule has 6 heteroatoms. The lowest BCUT2D eigenvalue weighted by Gasteiger charge is -2.22. The van der Waals surface area contributed by atoms with Gasteiger partial charge >= 0.3 is 0 Å². The highest BCUT2D eigenvalue weighted by Crippen LogP contribution is 2.30. The molecule has 1 aromatic carbocycles. The molecule has 1 fully saturated rings. The van der Waals surface area contributed by atoms with Gasteiger partial charge in [0.2, 0.25) is 5.91 Å². The lowest BCUT2D eigenvalue weighted by Crippen LogP contribution is -2.36. The first-order chi connectivity index (χ1) is 10.1. The quantitative estimate of drug-likeness (QED) is 0.771. The molecule has 1 saturated heterocycles. The number of nitrogens with one attached hydrogen (secondary N) is 3. The van der Waals surface area contributed by atoms with Gasteiger partial charge in [-0.15, -0.1) is 0 Å². The van der Waals surface area contributed by atoms with Gasteiger partial charge in [-0.05, 0) is 31.0 Å². The second-order valence-electron chi connectivity index (χ2n) is 5.53. The summed E-state index contributed by atoms with van der Waals surface area (Å²) in [5.41, 5.74) is 1.79. The summed E-state index contributed by atoms with van der Waals surface area (Å²) >= 11 is 0. The minimum absolute atomic E-state index is 0.0710. The van der Waals surface area contributed by atoms with E-state index in [1.165, 1.54) is 0 Å². The molecule has 1 aromatic rings. The Kier molecular flexibility index (Phi) is 3.79. The van der Waals surface area contributed by atoms with E-state index in [1.54, 1.807) is 0 Å². The average Bonchev–Trinajstić information content (AvgIpc) is 2.89. The zero-order valence-corrected chi connectivity index (χ0v) is 11.9. The molecule has 2 amide bonds. The Morgan fingerprint density at radius 2 is 2.24 bits per heavy atom. The van der Waals surface area contributed by atoms with E-state index >= 15 is 0 Å². The Morgan fingerprint density at radius 1 is 1.38 bits per heavy atom. The summed E-state index contributed by atoms with van der Waals surface area (Å²) in [6.45, 7) is 2.87. The molecule has 2 aliphatic rings. The van der Waals surface area contributed by atoms with Gasteiger partial charge in [-0.3, -0.25) is 9.59 Å². The topological polar surface area (TPSA) is 79.5 Å². The number of carbonyl (C=O) groups is 2. The number of benzene rings is 1. The van der Waals surface area contributed by atoms with E-state index in [4.69, 9.17) is 4.74 Å². The lowest BCUT2D eigenvalue weighted by atomic mass is 10.1.